The third-order valence-corrected chi connectivity index (χ3v) is 5.60. The van der Waals surface area contributed by atoms with Gasteiger partial charge in [0.1, 0.15) is 12.3 Å². The van der Waals surface area contributed by atoms with Gasteiger partial charge < -0.3 is 14.2 Å². The lowest BCUT2D eigenvalue weighted by Crippen LogP contribution is -2.33. The molecule has 0 N–H and O–H groups in total. The SMILES string of the molecule is CCN(CC)C(=O)Cn1c2ccccc2c2cc(-c3ccccc3OC)ccc21. The zero-order chi connectivity index (χ0) is 20.4. The Morgan fingerprint density at radius 1 is 0.897 bits per heavy atom. The highest BCUT2D eigenvalue weighted by Crippen LogP contribution is 2.35. The minimum Gasteiger partial charge on any atom is -0.496 e. The quantitative estimate of drug-likeness (QED) is 0.448. The fourth-order valence-corrected chi connectivity index (χ4v) is 4.09. The standard InChI is InChI=1S/C25H26N2O2/c1-4-26(5-2)25(28)17-27-22-12-8-6-11-20(22)21-16-18(14-15-23(21)27)19-10-7-9-13-24(19)29-3/h6-16H,4-5,17H2,1-3H3. The fourth-order valence-electron chi connectivity index (χ4n) is 4.09. The molecule has 1 heterocycles. The Kier molecular flexibility index (Phi) is 5.26. The van der Waals surface area contributed by atoms with Crippen LogP contribution in [0.25, 0.3) is 32.9 Å². The topological polar surface area (TPSA) is 34.5 Å². The molecule has 0 spiro atoms. The first-order chi connectivity index (χ1) is 14.2. The van der Waals surface area contributed by atoms with Crippen LogP contribution < -0.4 is 4.74 Å². The summed E-state index contributed by atoms with van der Waals surface area (Å²) in [6, 6.07) is 22.8. The maximum atomic E-state index is 12.8. The highest BCUT2D eigenvalue weighted by atomic mass is 16.5. The van der Waals surface area contributed by atoms with Gasteiger partial charge in [0, 0.05) is 40.5 Å². The van der Waals surface area contributed by atoms with Crippen molar-refractivity contribution in [3.63, 3.8) is 0 Å². The van der Waals surface area contributed by atoms with Crippen molar-refractivity contribution in [2.24, 2.45) is 0 Å². The first-order valence-electron chi connectivity index (χ1n) is 10.1. The normalized spacial score (nSPS) is 11.1. The van der Waals surface area contributed by atoms with Crippen LogP contribution in [0.15, 0.2) is 66.7 Å². The molecule has 0 bridgehead atoms. The summed E-state index contributed by atoms with van der Waals surface area (Å²) in [4.78, 5) is 14.7. The smallest absolute Gasteiger partial charge is 0.242 e. The summed E-state index contributed by atoms with van der Waals surface area (Å²) in [5.41, 5.74) is 4.33. The number of amides is 1. The van der Waals surface area contributed by atoms with E-state index in [1.807, 2.05) is 49.1 Å². The van der Waals surface area contributed by atoms with Crippen molar-refractivity contribution in [2.45, 2.75) is 20.4 Å². The first-order valence-corrected chi connectivity index (χ1v) is 10.1. The van der Waals surface area contributed by atoms with E-state index in [9.17, 15) is 4.79 Å². The van der Waals surface area contributed by atoms with Crippen LogP contribution in [-0.4, -0.2) is 35.6 Å². The average molecular weight is 386 g/mol. The molecule has 0 saturated heterocycles. The molecule has 4 nitrogen and oxygen atoms in total. The van der Waals surface area contributed by atoms with Gasteiger partial charge >= 0.3 is 0 Å². The van der Waals surface area contributed by atoms with Crippen molar-refractivity contribution in [1.82, 2.24) is 9.47 Å². The Bertz CT molecular complexity index is 1170. The van der Waals surface area contributed by atoms with Gasteiger partial charge in [-0.2, -0.15) is 0 Å². The highest BCUT2D eigenvalue weighted by Gasteiger charge is 2.17. The summed E-state index contributed by atoms with van der Waals surface area (Å²) in [6.07, 6.45) is 0. The minimum atomic E-state index is 0.145. The number of ether oxygens (including phenoxy) is 1. The molecule has 0 unspecified atom stereocenters. The molecule has 4 aromatic rings. The van der Waals surface area contributed by atoms with Crippen LogP contribution in [0.4, 0.5) is 0 Å². The van der Waals surface area contributed by atoms with Gasteiger partial charge in [-0.1, -0.05) is 42.5 Å². The molecule has 0 radical (unpaired) electrons. The van der Waals surface area contributed by atoms with E-state index < -0.39 is 0 Å². The van der Waals surface area contributed by atoms with E-state index in [-0.39, 0.29) is 5.91 Å². The molecule has 1 aromatic heterocycles. The summed E-state index contributed by atoms with van der Waals surface area (Å²) in [6.45, 7) is 5.84. The minimum absolute atomic E-state index is 0.145. The van der Waals surface area contributed by atoms with E-state index >= 15 is 0 Å². The summed E-state index contributed by atoms with van der Waals surface area (Å²) >= 11 is 0. The predicted molar refractivity (Wildman–Crippen MR) is 119 cm³/mol. The zero-order valence-corrected chi connectivity index (χ0v) is 17.2. The van der Waals surface area contributed by atoms with Crippen LogP contribution in [0.3, 0.4) is 0 Å². The van der Waals surface area contributed by atoms with Crippen molar-refractivity contribution in [2.75, 3.05) is 20.2 Å². The third kappa shape index (κ3) is 3.35. The predicted octanol–water partition coefficient (Wildman–Crippen LogP) is 5.34. The van der Waals surface area contributed by atoms with Crippen molar-refractivity contribution >= 4 is 27.7 Å². The second-order valence-corrected chi connectivity index (χ2v) is 7.10. The van der Waals surface area contributed by atoms with Crippen LogP contribution in [0.5, 0.6) is 5.75 Å². The van der Waals surface area contributed by atoms with Crippen molar-refractivity contribution in [1.29, 1.82) is 0 Å². The molecule has 148 valence electrons. The van der Waals surface area contributed by atoms with Gasteiger partial charge in [-0.25, -0.2) is 0 Å². The van der Waals surface area contributed by atoms with Crippen LogP contribution in [0.2, 0.25) is 0 Å². The van der Waals surface area contributed by atoms with E-state index in [1.165, 1.54) is 0 Å². The third-order valence-electron chi connectivity index (χ3n) is 5.60. The van der Waals surface area contributed by atoms with E-state index in [2.05, 4.69) is 41.0 Å². The number of nitrogens with zero attached hydrogens (tertiary/aromatic N) is 2. The molecule has 0 aliphatic heterocycles. The number of rotatable bonds is 6. The number of aromatic nitrogens is 1. The number of para-hydroxylation sites is 2. The zero-order valence-electron chi connectivity index (χ0n) is 17.2. The van der Waals surface area contributed by atoms with Crippen LogP contribution in [0, 0.1) is 0 Å². The van der Waals surface area contributed by atoms with E-state index in [1.54, 1.807) is 7.11 Å². The van der Waals surface area contributed by atoms with Gasteiger partial charge in [-0.15, -0.1) is 0 Å². The molecular weight excluding hydrogens is 360 g/mol. The molecule has 4 heteroatoms. The Hall–Kier alpha value is -3.27. The van der Waals surface area contributed by atoms with Gasteiger partial charge in [-0.05, 0) is 43.7 Å². The molecule has 29 heavy (non-hydrogen) atoms. The molecule has 0 aliphatic carbocycles. The lowest BCUT2D eigenvalue weighted by molar-refractivity contribution is -0.131. The number of benzene rings is 3. The largest absolute Gasteiger partial charge is 0.496 e. The molecule has 0 atom stereocenters. The fraction of sp³-hybridized carbons (Fsp3) is 0.240. The van der Waals surface area contributed by atoms with Crippen LogP contribution >= 0.6 is 0 Å². The Labute approximate surface area is 171 Å². The van der Waals surface area contributed by atoms with E-state index in [4.69, 9.17) is 4.74 Å². The molecule has 0 aliphatic rings. The molecule has 0 fully saturated rings. The maximum Gasteiger partial charge on any atom is 0.242 e. The van der Waals surface area contributed by atoms with Crippen LogP contribution in [-0.2, 0) is 11.3 Å². The number of fused-ring (bicyclic) bond motifs is 3. The molecule has 3 aromatic carbocycles. The van der Waals surface area contributed by atoms with E-state index in [0.717, 1.165) is 51.8 Å². The van der Waals surface area contributed by atoms with Gasteiger partial charge in [-0.3, -0.25) is 4.79 Å². The molecular formula is C25H26N2O2. The number of hydrogen-bond acceptors (Lipinski definition) is 2. The highest BCUT2D eigenvalue weighted by molar-refractivity contribution is 6.10. The summed E-state index contributed by atoms with van der Waals surface area (Å²) in [7, 11) is 1.70. The first kappa shape index (κ1) is 19.1. The average Bonchev–Trinajstić information content (AvgIpc) is 3.07. The van der Waals surface area contributed by atoms with Gasteiger partial charge in [0.15, 0.2) is 0 Å². The number of carbonyl (C=O) groups is 1. The Morgan fingerprint density at radius 3 is 2.34 bits per heavy atom. The lowest BCUT2D eigenvalue weighted by atomic mass is 10.0. The monoisotopic (exact) mass is 386 g/mol. The molecule has 0 saturated carbocycles. The van der Waals surface area contributed by atoms with Crippen molar-refractivity contribution in [3.8, 4) is 16.9 Å². The summed E-state index contributed by atoms with van der Waals surface area (Å²) in [5, 5.41) is 2.31. The maximum absolute atomic E-state index is 12.8. The van der Waals surface area contributed by atoms with Crippen LogP contribution in [0.1, 0.15) is 13.8 Å². The van der Waals surface area contributed by atoms with Gasteiger partial charge in [0.2, 0.25) is 5.91 Å². The Morgan fingerprint density at radius 2 is 1.59 bits per heavy atom. The number of likely N-dealkylation sites (N-methyl/N-ethyl adjacent to an activating group) is 1. The Balaban J connectivity index is 1.88. The summed E-state index contributed by atoms with van der Waals surface area (Å²) in [5.74, 6) is 0.999. The molecule has 4 rings (SSSR count). The van der Waals surface area contributed by atoms with Crippen molar-refractivity contribution < 1.29 is 9.53 Å². The number of carbonyl (C=O) groups excluding carboxylic acids is 1. The second-order valence-electron chi connectivity index (χ2n) is 7.10. The van der Waals surface area contributed by atoms with E-state index in [0.29, 0.717) is 6.54 Å². The van der Waals surface area contributed by atoms with Gasteiger partial charge in [0.25, 0.3) is 0 Å². The number of hydrogen-bond donors (Lipinski definition) is 0. The lowest BCUT2D eigenvalue weighted by Gasteiger charge is -2.19. The number of methoxy groups -OCH3 is 1. The molecule has 1 amide bonds. The van der Waals surface area contributed by atoms with Gasteiger partial charge in [0.05, 0.1) is 7.11 Å². The summed E-state index contributed by atoms with van der Waals surface area (Å²) < 4.78 is 7.69. The van der Waals surface area contributed by atoms with Crippen molar-refractivity contribution in [3.05, 3.63) is 66.7 Å². The second kappa shape index (κ2) is 8.00.